The fourth-order valence-electron chi connectivity index (χ4n) is 4.52. The van der Waals surface area contributed by atoms with Gasteiger partial charge >= 0.3 is 0 Å². The van der Waals surface area contributed by atoms with Gasteiger partial charge in [-0.05, 0) is 71.2 Å². The molecule has 3 aliphatic rings. The van der Waals surface area contributed by atoms with Crippen molar-refractivity contribution in [3.63, 3.8) is 0 Å². The van der Waals surface area contributed by atoms with Crippen LogP contribution in [0.15, 0.2) is 0 Å². The molecule has 20 heavy (non-hydrogen) atoms. The molecule has 2 aliphatic heterocycles. The van der Waals surface area contributed by atoms with Crippen LogP contribution in [0.2, 0.25) is 0 Å². The van der Waals surface area contributed by atoms with Crippen LogP contribution in [0, 0.1) is 5.92 Å². The lowest BCUT2D eigenvalue weighted by atomic mass is 9.83. The molecule has 0 aromatic heterocycles. The van der Waals surface area contributed by atoms with Crippen LogP contribution in [0.25, 0.3) is 0 Å². The zero-order chi connectivity index (χ0) is 13.8. The van der Waals surface area contributed by atoms with Gasteiger partial charge in [0.1, 0.15) is 0 Å². The zero-order valence-corrected chi connectivity index (χ0v) is 13.3. The third kappa shape index (κ3) is 3.75. The van der Waals surface area contributed by atoms with E-state index in [1.807, 2.05) is 0 Å². The van der Waals surface area contributed by atoms with Gasteiger partial charge in [-0.1, -0.05) is 19.3 Å². The molecule has 3 rings (SSSR count). The molecule has 2 heterocycles. The summed E-state index contributed by atoms with van der Waals surface area (Å²) in [4.78, 5) is 5.33. The highest BCUT2D eigenvalue weighted by Crippen LogP contribution is 2.28. The molecule has 3 nitrogen and oxygen atoms in total. The van der Waals surface area contributed by atoms with E-state index in [9.17, 15) is 0 Å². The van der Waals surface area contributed by atoms with Crippen molar-refractivity contribution in [2.24, 2.45) is 5.92 Å². The average Bonchev–Trinajstić information content (AvgIpc) is 2.75. The van der Waals surface area contributed by atoms with Crippen LogP contribution in [-0.2, 0) is 0 Å². The second-order valence-corrected chi connectivity index (χ2v) is 7.34. The molecule has 0 bridgehead atoms. The predicted molar refractivity (Wildman–Crippen MR) is 85.1 cm³/mol. The van der Waals surface area contributed by atoms with Crippen molar-refractivity contribution >= 4 is 0 Å². The monoisotopic (exact) mass is 279 g/mol. The SMILES string of the molecule is CN1CCC(N2CCCNC(C3CCCCC3)C2)CC1. The van der Waals surface area contributed by atoms with Gasteiger partial charge in [0.05, 0.1) is 0 Å². The second-order valence-electron chi connectivity index (χ2n) is 7.34. The van der Waals surface area contributed by atoms with Crippen molar-refractivity contribution in [1.82, 2.24) is 15.1 Å². The summed E-state index contributed by atoms with van der Waals surface area (Å²) in [7, 11) is 2.27. The smallest absolute Gasteiger partial charge is 0.0223 e. The molecule has 3 heteroatoms. The van der Waals surface area contributed by atoms with Crippen molar-refractivity contribution in [3.05, 3.63) is 0 Å². The summed E-state index contributed by atoms with van der Waals surface area (Å²) in [6.45, 7) is 6.47. The number of rotatable bonds is 2. The zero-order valence-electron chi connectivity index (χ0n) is 13.3. The molecule has 0 radical (unpaired) electrons. The van der Waals surface area contributed by atoms with Gasteiger partial charge in [0.2, 0.25) is 0 Å². The predicted octanol–water partition coefficient (Wildman–Crippen LogP) is 2.32. The molecule has 1 unspecified atom stereocenters. The van der Waals surface area contributed by atoms with Crippen molar-refractivity contribution in [1.29, 1.82) is 0 Å². The molecule has 0 aromatic carbocycles. The Morgan fingerprint density at radius 1 is 0.850 bits per heavy atom. The van der Waals surface area contributed by atoms with E-state index in [1.165, 1.54) is 84.1 Å². The lowest BCUT2D eigenvalue weighted by Crippen LogP contribution is -2.49. The van der Waals surface area contributed by atoms with E-state index in [1.54, 1.807) is 0 Å². The Kier molecular flexibility index (Phi) is 5.36. The first kappa shape index (κ1) is 14.8. The summed E-state index contributed by atoms with van der Waals surface area (Å²) in [5.74, 6) is 0.954. The van der Waals surface area contributed by atoms with E-state index in [2.05, 4.69) is 22.2 Å². The third-order valence-corrected chi connectivity index (χ3v) is 5.88. The molecule has 1 saturated carbocycles. The molecule has 0 amide bonds. The van der Waals surface area contributed by atoms with E-state index < -0.39 is 0 Å². The molecule has 1 N–H and O–H groups in total. The van der Waals surface area contributed by atoms with E-state index >= 15 is 0 Å². The number of hydrogen-bond donors (Lipinski definition) is 1. The molecule has 3 fully saturated rings. The quantitative estimate of drug-likeness (QED) is 0.837. The van der Waals surface area contributed by atoms with Gasteiger partial charge in [0.25, 0.3) is 0 Å². The topological polar surface area (TPSA) is 18.5 Å². The second kappa shape index (κ2) is 7.24. The number of piperidine rings is 1. The fourth-order valence-corrected chi connectivity index (χ4v) is 4.52. The maximum Gasteiger partial charge on any atom is 0.0223 e. The highest BCUT2D eigenvalue weighted by atomic mass is 15.2. The standard InChI is InChI=1S/C17H33N3/c1-19-12-8-16(9-13-19)20-11-5-10-18-17(14-20)15-6-3-2-4-7-15/h15-18H,2-14H2,1H3. The Morgan fingerprint density at radius 3 is 2.35 bits per heavy atom. The van der Waals surface area contributed by atoms with Crippen molar-refractivity contribution < 1.29 is 0 Å². The van der Waals surface area contributed by atoms with E-state index in [0.29, 0.717) is 0 Å². The van der Waals surface area contributed by atoms with E-state index in [0.717, 1.165) is 18.0 Å². The molecule has 1 aliphatic carbocycles. The third-order valence-electron chi connectivity index (χ3n) is 5.88. The summed E-state index contributed by atoms with van der Waals surface area (Å²) in [6, 6.07) is 1.63. The van der Waals surface area contributed by atoms with Crippen LogP contribution in [0.4, 0.5) is 0 Å². The first-order valence-corrected chi connectivity index (χ1v) is 8.99. The molecule has 1 atom stereocenters. The summed E-state index contributed by atoms with van der Waals surface area (Å²) >= 11 is 0. The van der Waals surface area contributed by atoms with Gasteiger partial charge in [-0.15, -0.1) is 0 Å². The number of nitrogens with one attached hydrogen (secondary N) is 1. The van der Waals surface area contributed by atoms with Gasteiger partial charge in [0, 0.05) is 18.6 Å². The molecule has 2 saturated heterocycles. The Labute approximate surface area is 125 Å². The number of likely N-dealkylation sites (tertiary alicyclic amines) is 1. The average molecular weight is 279 g/mol. The lowest BCUT2D eigenvalue weighted by molar-refractivity contribution is 0.107. The summed E-state index contributed by atoms with van der Waals surface area (Å²) in [5.41, 5.74) is 0. The molecule has 116 valence electrons. The highest BCUT2D eigenvalue weighted by Gasteiger charge is 2.30. The van der Waals surface area contributed by atoms with Crippen LogP contribution < -0.4 is 5.32 Å². The molecule has 0 spiro atoms. The molecular weight excluding hydrogens is 246 g/mol. The van der Waals surface area contributed by atoms with Crippen molar-refractivity contribution in [2.75, 3.05) is 39.8 Å². The molecular formula is C17H33N3. The molecule has 0 aromatic rings. The summed E-state index contributed by atoms with van der Waals surface area (Å²) in [6.07, 6.45) is 11.5. The van der Waals surface area contributed by atoms with Gasteiger partial charge in [-0.25, -0.2) is 0 Å². The first-order chi connectivity index (χ1) is 9.83. The maximum atomic E-state index is 3.88. The largest absolute Gasteiger partial charge is 0.312 e. The minimum Gasteiger partial charge on any atom is -0.312 e. The van der Waals surface area contributed by atoms with Gasteiger partial charge in [-0.2, -0.15) is 0 Å². The van der Waals surface area contributed by atoms with Gasteiger partial charge in [-0.3, -0.25) is 4.90 Å². The van der Waals surface area contributed by atoms with Crippen LogP contribution >= 0.6 is 0 Å². The summed E-state index contributed by atoms with van der Waals surface area (Å²) < 4.78 is 0. The van der Waals surface area contributed by atoms with Crippen LogP contribution in [0.1, 0.15) is 51.4 Å². The number of hydrogen-bond acceptors (Lipinski definition) is 3. The Morgan fingerprint density at radius 2 is 1.60 bits per heavy atom. The minimum atomic E-state index is 0.775. The van der Waals surface area contributed by atoms with Gasteiger partial charge < -0.3 is 10.2 Å². The van der Waals surface area contributed by atoms with E-state index in [4.69, 9.17) is 0 Å². The normalized spacial score (nSPS) is 33.1. The summed E-state index contributed by atoms with van der Waals surface area (Å²) in [5, 5.41) is 3.88. The van der Waals surface area contributed by atoms with Crippen molar-refractivity contribution in [3.8, 4) is 0 Å². The Balaban J connectivity index is 1.57. The Hall–Kier alpha value is -0.120. The fraction of sp³-hybridized carbons (Fsp3) is 1.00. The van der Waals surface area contributed by atoms with E-state index in [-0.39, 0.29) is 0 Å². The van der Waals surface area contributed by atoms with Crippen LogP contribution in [-0.4, -0.2) is 61.7 Å². The van der Waals surface area contributed by atoms with Crippen LogP contribution in [0.5, 0.6) is 0 Å². The van der Waals surface area contributed by atoms with Crippen LogP contribution in [0.3, 0.4) is 0 Å². The maximum absolute atomic E-state index is 3.88. The minimum absolute atomic E-state index is 0.775. The lowest BCUT2D eigenvalue weighted by Gasteiger charge is -2.39. The van der Waals surface area contributed by atoms with Crippen molar-refractivity contribution in [2.45, 2.75) is 63.5 Å². The number of nitrogens with zero attached hydrogens (tertiary/aromatic N) is 2. The van der Waals surface area contributed by atoms with Gasteiger partial charge in [0.15, 0.2) is 0 Å². The first-order valence-electron chi connectivity index (χ1n) is 8.99. The highest BCUT2D eigenvalue weighted by molar-refractivity contribution is 4.88. The Bertz CT molecular complexity index is 280.